The van der Waals surface area contributed by atoms with E-state index in [1.54, 1.807) is 0 Å². The summed E-state index contributed by atoms with van der Waals surface area (Å²) in [7, 11) is 0. The van der Waals surface area contributed by atoms with Crippen molar-refractivity contribution in [2.75, 3.05) is 11.1 Å². The molecule has 5 nitrogen and oxygen atoms in total. The van der Waals surface area contributed by atoms with Crippen LogP contribution in [0.2, 0.25) is 0 Å². The molecule has 2 aromatic rings. The Morgan fingerprint density at radius 1 is 1.35 bits per heavy atom. The second kappa shape index (κ2) is 8.54. The fourth-order valence-electron chi connectivity index (χ4n) is 3.46. The van der Waals surface area contributed by atoms with Gasteiger partial charge in [0.15, 0.2) is 5.16 Å². The van der Waals surface area contributed by atoms with Crippen LogP contribution in [0.1, 0.15) is 48.6 Å². The van der Waals surface area contributed by atoms with E-state index in [2.05, 4.69) is 32.7 Å². The minimum Gasteiger partial charge on any atom is -0.325 e. The van der Waals surface area contributed by atoms with Crippen molar-refractivity contribution < 1.29 is 4.79 Å². The van der Waals surface area contributed by atoms with Crippen molar-refractivity contribution in [2.24, 2.45) is 0 Å². The lowest BCUT2D eigenvalue weighted by molar-refractivity contribution is -0.113. The Balaban J connectivity index is 1.65. The number of nitrogens with one attached hydrogen (secondary N) is 1. The van der Waals surface area contributed by atoms with Gasteiger partial charge in [-0.1, -0.05) is 48.4 Å². The van der Waals surface area contributed by atoms with E-state index in [4.69, 9.17) is 0 Å². The Kier molecular flexibility index (Phi) is 6.14. The quantitative estimate of drug-likeness (QED) is 0.577. The molecule has 1 aliphatic carbocycles. The highest BCUT2D eigenvalue weighted by Crippen LogP contribution is 2.34. The Morgan fingerprint density at radius 3 is 2.81 bits per heavy atom. The first-order valence-corrected chi connectivity index (χ1v) is 10.1. The molecule has 1 amide bonds. The second-order valence-electron chi connectivity index (χ2n) is 6.88. The molecule has 138 valence electrons. The molecule has 1 aromatic carbocycles. The van der Waals surface area contributed by atoms with E-state index in [1.807, 2.05) is 32.1 Å². The highest BCUT2D eigenvalue weighted by molar-refractivity contribution is 7.99. The second-order valence-corrected chi connectivity index (χ2v) is 7.82. The third kappa shape index (κ3) is 4.36. The zero-order valence-electron chi connectivity index (χ0n) is 15.5. The zero-order chi connectivity index (χ0) is 18.5. The third-order valence-corrected chi connectivity index (χ3v) is 5.73. The number of nitrogens with zero attached hydrogens (tertiary/aromatic N) is 3. The number of aryl methyl sites for hydroxylation is 2. The zero-order valence-corrected chi connectivity index (χ0v) is 16.3. The van der Waals surface area contributed by atoms with Crippen LogP contribution >= 0.6 is 11.8 Å². The van der Waals surface area contributed by atoms with Gasteiger partial charge in [-0.3, -0.25) is 4.79 Å². The molecule has 6 heteroatoms. The molecule has 0 aliphatic heterocycles. The normalized spacial score (nSPS) is 14.5. The molecule has 3 rings (SSSR count). The molecule has 1 heterocycles. The molecule has 1 aromatic heterocycles. The van der Waals surface area contributed by atoms with Crippen molar-refractivity contribution in [1.29, 1.82) is 0 Å². The van der Waals surface area contributed by atoms with E-state index >= 15 is 0 Å². The van der Waals surface area contributed by atoms with Gasteiger partial charge in [-0.15, -0.1) is 16.8 Å². The van der Waals surface area contributed by atoms with Crippen molar-refractivity contribution in [3.63, 3.8) is 0 Å². The van der Waals surface area contributed by atoms with Crippen LogP contribution in [0.25, 0.3) is 0 Å². The molecule has 0 saturated heterocycles. The SMILES string of the molecule is C=CCn1c(SCC(=O)Nc2ccc(C)cc2C)nnc1C1CCCC1. The summed E-state index contributed by atoms with van der Waals surface area (Å²) in [5.41, 5.74) is 3.12. The summed E-state index contributed by atoms with van der Waals surface area (Å²) in [5.74, 6) is 1.81. The summed E-state index contributed by atoms with van der Waals surface area (Å²) in [4.78, 5) is 12.3. The average Bonchev–Trinajstić information content (AvgIpc) is 3.26. The molecule has 1 saturated carbocycles. The maximum absolute atomic E-state index is 12.3. The summed E-state index contributed by atoms with van der Waals surface area (Å²) in [6.45, 7) is 8.58. The Morgan fingerprint density at radius 2 is 2.12 bits per heavy atom. The first-order valence-electron chi connectivity index (χ1n) is 9.12. The Bertz CT molecular complexity index is 793. The maximum atomic E-state index is 12.3. The summed E-state index contributed by atoms with van der Waals surface area (Å²) in [6.07, 6.45) is 6.72. The number of rotatable bonds is 7. The van der Waals surface area contributed by atoms with Crippen LogP contribution in [0, 0.1) is 13.8 Å². The number of benzene rings is 1. The average molecular weight is 371 g/mol. The lowest BCUT2D eigenvalue weighted by atomic mass is 10.1. The van der Waals surface area contributed by atoms with Gasteiger partial charge in [0.05, 0.1) is 5.75 Å². The van der Waals surface area contributed by atoms with Crippen LogP contribution in [-0.2, 0) is 11.3 Å². The summed E-state index contributed by atoms with van der Waals surface area (Å²) < 4.78 is 2.11. The Labute approximate surface area is 159 Å². The molecule has 1 aliphatic rings. The molecule has 26 heavy (non-hydrogen) atoms. The number of thioether (sulfide) groups is 1. The van der Waals surface area contributed by atoms with Gasteiger partial charge in [0.2, 0.25) is 5.91 Å². The summed E-state index contributed by atoms with van der Waals surface area (Å²) in [5, 5.41) is 12.5. The van der Waals surface area contributed by atoms with Crippen LogP contribution in [0.4, 0.5) is 5.69 Å². The van der Waals surface area contributed by atoms with Gasteiger partial charge in [-0.2, -0.15) is 0 Å². The van der Waals surface area contributed by atoms with Crippen LogP contribution in [0.3, 0.4) is 0 Å². The van der Waals surface area contributed by atoms with E-state index in [1.165, 1.54) is 43.0 Å². The largest absolute Gasteiger partial charge is 0.325 e. The van der Waals surface area contributed by atoms with Gasteiger partial charge in [0.25, 0.3) is 0 Å². The molecule has 1 N–H and O–H groups in total. The van der Waals surface area contributed by atoms with Gasteiger partial charge < -0.3 is 9.88 Å². The fraction of sp³-hybridized carbons (Fsp3) is 0.450. The first-order chi connectivity index (χ1) is 12.6. The number of hydrogen-bond acceptors (Lipinski definition) is 4. The number of anilines is 1. The van der Waals surface area contributed by atoms with Gasteiger partial charge in [0.1, 0.15) is 5.82 Å². The van der Waals surface area contributed by atoms with Gasteiger partial charge in [-0.05, 0) is 38.3 Å². The highest BCUT2D eigenvalue weighted by Gasteiger charge is 2.24. The minimum atomic E-state index is -0.0301. The van der Waals surface area contributed by atoms with Gasteiger partial charge in [-0.25, -0.2) is 0 Å². The van der Waals surface area contributed by atoms with E-state index < -0.39 is 0 Å². The minimum absolute atomic E-state index is 0.0301. The van der Waals surface area contributed by atoms with E-state index in [-0.39, 0.29) is 5.91 Å². The van der Waals surface area contributed by atoms with Crippen LogP contribution in [0.15, 0.2) is 36.0 Å². The number of amides is 1. The first kappa shape index (κ1) is 18.7. The van der Waals surface area contributed by atoms with Crippen LogP contribution in [-0.4, -0.2) is 26.4 Å². The molecule has 1 fully saturated rings. The topological polar surface area (TPSA) is 59.8 Å². The van der Waals surface area contributed by atoms with Crippen molar-refractivity contribution in [3.8, 4) is 0 Å². The fourth-order valence-corrected chi connectivity index (χ4v) is 4.22. The monoisotopic (exact) mass is 370 g/mol. The number of carbonyl (C=O) groups is 1. The molecule has 0 atom stereocenters. The van der Waals surface area contributed by atoms with Crippen molar-refractivity contribution in [2.45, 2.75) is 57.1 Å². The number of hydrogen-bond donors (Lipinski definition) is 1. The lowest BCUT2D eigenvalue weighted by Gasteiger charge is -2.12. The van der Waals surface area contributed by atoms with Crippen molar-refractivity contribution >= 4 is 23.4 Å². The molecule has 0 unspecified atom stereocenters. The van der Waals surface area contributed by atoms with Crippen LogP contribution in [0.5, 0.6) is 0 Å². The maximum Gasteiger partial charge on any atom is 0.234 e. The smallest absolute Gasteiger partial charge is 0.234 e. The predicted molar refractivity (Wildman–Crippen MR) is 107 cm³/mol. The molecular formula is C20H26N4OS. The van der Waals surface area contributed by atoms with E-state index in [0.717, 1.165) is 22.2 Å². The molecule has 0 radical (unpaired) electrons. The Hall–Kier alpha value is -2.08. The number of aromatic nitrogens is 3. The molecule has 0 bridgehead atoms. The highest BCUT2D eigenvalue weighted by atomic mass is 32.2. The predicted octanol–water partition coefficient (Wildman–Crippen LogP) is 4.47. The standard InChI is InChI=1S/C20H26N4OS/c1-4-11-24-19(16-7-5-6-8-16)22-23-20(24)26-13-18(25)21-17-10-9-14(2)12-15(17)3/h4,9-10,12,16H,1,5-8,11,13H2,2-3H3,(H,21,25). The van der Waals surface area contributed by atoms with E-state index in [0.29, 0.717) is 18.2 Å². The number of carbonyl (C=O) groups excluding carboxylic acids is 1. The lowest BCUT2D eigenvalue weighted by Crippen LogP contribution is -2.15. The van der Waals surface area contributed by atoms with Crippen molar-refractivity contribution in [3.05, 3.63) is 47.8 Å². The molecule has 0 spiro atoms. The van der Waals surface area contributed by atoms with Gasteiger partial charge >= 0.3 is 0 Å². The number of allylic oxidation sites excluding steroid dienone is 1. The van der Waals surface area contributed by atoms with Crippen LogP contribution < -0.4 is 5.32 Å². The third-order valence-electron chi connectivity index (χ3n) is 4.77. The van der Waals surface area contributed by atoms with Crippen molar-refractivity contribution in [1.82, 2.24) is 14.8 Å². The summed E-state index contributed by atoms with van der Waals surface area (Å²) >= 11 is 1.43. The summed E-state index contributed by atoms with van der Waals surface area (Å²) in [6, 6.07) is 6.02. The van der Waals surface area contributed by atoms with E-state index in [9.17, 15) is 4.79 Å². The molecular weight excluding hydrogens is 344 g/mol. The van der Waals surface area contributed by atoms with Gasteiger partial charge in [0, 0.05) is 18.2 Å².